The van der Waals surface area contributed by atoms with Gasteiger partial charge in [0.2, 0.25) is 11.8 Å². The zero-order valence-electron chi connectivity index (χ0n) is 12.2. The van der Waals surface area contributed by atoms with Crippen LogP contribution in [0, 0.1) is 5.92 Å². The molecule has 1 N–H and O–H groups in total. The Labute approximate surface area is 119 Å². The van der Waals surface area contributed by atoms with Crippen LogP contribution < -0.4 is 5.32 Å². The number of nitrogens with zero attached hydrogens (tertiary/aromatic N) is 2. The molecule has 5 nitrogen and oxygen atoms in total. The highest BCUT2D eigenvalue weighted by Crippen LogP contribution is 2.21. The highest BCUT2D eigenvalue weighted by atomic mass is 16.2. The third-order valence-electron chi connectivity index (χ3n) is 3.64. The maximum absolute atomic E-state index is 12.2. The topological polar surface area (TPSA) is 62.3 Å². The van der Waals surface area contributed by atoms with Crippen molar-refractivity contribution >= 4 is 11.8 Å². The lowest BCUT2D eigenvalue weighted by molar-refractivity contribution is -0.130. The Morgan fingerprint density at radius 3 is 2.70 bits per heavy atom. The minimum absolute atomic E-state index is 0.0608. The first-order valence-electron chi connectivity index (χ1n) is 6.99. The van der Waals surface area contributed by atoms with Crippen LogP contribution in [0.2, 0.25) is 0 Å². The second-order valence-corrected chi connectivity index (χ2v) is 5.53. The zero-order valence-corrected chi connectivity index (χ0v) is 12.2. The Balaban J connectivity index is 1.95. The summed E-state index contributed by atoms with van der Waals surface area (Å²) in [7, 11) is 0. The van der Waals surface area contributed by atoms with Crippen molar-refractivity contribution in [1.82, 2.24) is 15.2 Å². The van der Waals surface area contributed by atoms with E-state index in [4.69, 9.17) is 0 Å². The molecule has 0 spiro atoms. The summed E-state index contributed by atoms with van der Waals surface area (Å²) in [4.78, 5) is 30.0. The number of likely N-dealkylation sites (tertiary alicyclic amines) is 1. The number of carbonyl (C=O) groups is 2. The minimum Gasteiger partial charge on any atom is -0.348 e. The van der Waals surface area contributed by atoms with E-state index in [9.17, 15) is 9.59 Å². The van der Waals surface area contributed by atoms with Gasteiger partial charge in [-0.05, 0) is 32.9 Å². The Morgan fingerprint density at radius 2 is 2.15 bits per heavy atom. The average molecular weight is 275 g/mol. The van der Waals surface area contributed by atoms with Gasteiger partial charge in [-0.3, -0.25) is 14.6 Å². The minimum atomic E-state index is -0.254. The summed E-state index contributed by atoms with van der Waals surface area (Å²) < 4.78 is 0. The molecule has 0 bridgehead atoms. The van der Waals surface area contributed by atoms with Crippen LogP contribution in [0.15, 0.2) is 24.4 Å². The summed E-state index contributed by atoms with van der Waals surface area (Å²) in [5.74, 6) is -0.263. The first-order chi connectivity index (χ1) is 9.49. The van der Waals surface area contributed by atoms with Crippen LogP contribution in [0.25, 0.3) is 0 Å². The van der Waals surface area contributed by atoms with Crippen LogP contribution in [-0.4, -0.2) is 34.3 Å². The molecule has 2 atom stereocenters. The first kappa shape index (κ1) is 14.5. The molecule has 1 aliphatic heterocycles. The smallest absolute Gasteiger partial charge is 0.225 e. The molecule has 0 unspecified atom stereocenters. The lowest BCUT2D eigenvalue weighted by atomic mass is 10.1. The Hall–Kier alpha value is -1.91. The molecule has 1 aliphatic rings. The van der Waals surface area contributed by atoms with Gasteiger partial charge < -0.3 is 10.2 Å². The van der Waals surface area contributed by atoms with E-state index in [-0.39, 0.29) is 29.8 Å². The predicted molar refractivity (Wildman–Crippen MR) is 75.8 cm³/mol. The molecular weight excluding hydrogens is 254 g/mol. The number of pyridine rings is 1. The fraction of sp³-hybridized carbons (Fsp3) is 0.533. The number of hydrogen-bond donors (Lipinski definition) is 1. The van der Waals surface area contributed by atoms with E-state index < -0.39 is 0 Å². The number of nitrogens with one attached hydrogen (secondary N) is 1. The Bertz CT molecular complexity index is 487. The van der Waals surface area contributed by atoms with Crippen molar-refractivity contribution < 1.29 is 9.59 Å². The molecule has 0 aliphatic carbocycles. The fourth-order valence-corrected chi connectivity index (χ4v) is 2.44. The van der Waals surface area contributed by atoms with Gasteiger partial charge in [-0.2, -0.15) is 0 Å². The number of hydrogen-bond acceptors (Lipinski definition) is 3. The van der Waals surface area contributed by atoms with Crippen LogP contribution in [0.5, 0.6) is 0 Å². The number of rotatable bonds is 4. The SMILES string of the molecule is CC(C)N1C[C@@H](C(=O)N[C@@H](C)c2ccccn2)CC1=O. The lowest BCUT2D eigenvalue weighted by Crippen LogP contribution is -2.36. The monoisotopic (exact) mass is 275 g/mol. The molecule has 0 saturated carbocycles. The molecule has 1 fully saturated rings. The van der Waals surface area contributed by atoms with Crippen molar-refractivity contribution in [2.24, 2.45) is 5.92 Å². The molecule has 2 heterocycles. The summed E-state index contributed by atoms with van der Waals surface area (Å²) in [6.45, 7) is 6.35. The van der Waals surface area contributed by atoms with Gasteiger partial charge in [0.05, 0.1) is 17.7 Å². The van der Waals surface area contributed by atoms with E-state index in [0.29, 0.717) is 13.0 Å². The Morgan fingerprint density at radius 1 is 1.40 bits per heavy atom. The third-order valence-corrected chi connectivity index (χ3v) is 3.64. The molecule has 1 aromatic rings. The molecule has 5 heteroatoms. The van der Waals surface area contributed by atoms with Crippen molar-refractivity contribution in [3.63, 3.8) is 0 Å². The van der Waals surface area contributed by atoms with Crippen molar-refractivity contribution in [1.29, 1.82) is 0 Å². The molecule has 0 radical (unpaired) electrons. The summed E-state index contributed by atoms with van der Waals surface area (Å²) in [6.07, 6.45) is 2.01. The van der Waals surface area contributed by atoms with Gasteiger partial charge >= 0.3 is 0 Å². The van der Waals surface area contributed by atoms with Gasteiger partial charge in [-0.1, -0.05) is 6.07 Å². The second-order valence-electron chi connectivity index (χ2n) is 5.53. The molecule has 2 amide bonds. The third kappa shape index (κ3) is 3.15. The molecule has 1 saturated heterocycles. The van der Waals surface area contributed by atoms with E-state index in [1.54, 1.807) is 11.1 Å². The van der Waals surface area contributed by atoms with Crippen LogP contribution in [0.1, 0.15) is 38.9 Å². The summed E-state index contributed by atoms with van der Waals surface area (Å²) in [5, 5.41) is 2.94. The second kappa shape index (κ2) is 6.03. The summed E-state index contributed by atoms with van der Waals surface area (Å²) in [5.41, 5.74) is 0.825. The van der Waals surface area contributed by atoms with E-state index in [1.807, 2.05) is 39.0 Å². The normalized spacial score (nSPS) is 20.3. The maximum atomic E-state index is 12.2. The van der Waals surface area contributed by atoms with Crippen LogP contribution in [-0.2, 0) is 9.59 Å². The van der Waals surface area contributed by atoms with Gasteiger partial charge in [0.25, 0.3) is 0 Å². The molecule has 2 rings (SSSR count). The molecule has 20 heavy (non-hydrogen) atoms. The maximum Gasteiger partial charge on any atom is 0.225 e. The van der Waals surface area contributed by atoms with E-state index in [0.717, 1.165) is 5.69 Å². The highest BCUT2D eigenvalue weighted by Gasteiger charge is 2.35. The van der Waals surface area contributed by atoms with Crippen LogP contribution in [0.4, 0.5) is 0 Å². The first-order valence-corrected chi connectivity index (χ1v) is 6.99. The molecule has 0 aromatic carbocycles. The largest absolute Gasteiger partial charge is 0.348 e. The van der Waals surface area contributed by atoms with E-state index >= 15 is 0 Å². The molecular formula is C15H21N3O2. The van der Waals surface area contributed by atoms with Crippen LogP contribution in [0.3, 0.4) is 0 Å². The molecule has 108 valence electrons. The van der Waals surface area contributed by atoms with Gasteiger partial charge in [0.1, 0.15) is 0 Å². The van der Waals surface area contributed by atoms with Gasteiger partial charge in [-0.25, -0.2) is 0 Å². The number of aromatic nitrogens is 1. The van der Waals surface area contributed by atoms with Crippen molar-refractivity contribution in [3.05, 3.63) is 30.1 Å². The van der Waals surface area contributed by atoms with Gasteiger partial charge in [0.15, 0.2) is 0 Å². The summed E-state index contributed by atoms with van der Waals surface area (Å²) in [6, 6.07) is 5.62. The van der Waals surface area contributed by atoms with Crippen molar-refractivity contribution in [2.75, 3.05) is 6.54 Å². The van der Waals surface area contributed by atoms with Crippen LogP contribution >= 0.6 is 0 Å². The van der Waals surface area contributed by atoms with Gasteiger partial charge in [0, 0.05) is 25.2 Å². The lowest BCUT2D eigenvalue weighted by Gasteiger charge is -2.21. The predicted octanol–water partition coefficient (Wildman–Crippen LogP) is 1.52. The molecule has 1 aromatic heterocycles. The Kier molecular flexibility index (Phi) is 4.37. The van der Waals surface area contributed by atoms with E-state index in [1.165, 1.54) is 0 Å². The fourth-order valence-electron chi connectivity index (χ4n) is 2.44. The van der Waals surface area contributed by atoms with Gasteiger partial charge in [-0.15, -0.1) is 0 Å². The highest BCUT2D eigenvalue weighted by molar-refractivity contribution is 5.89. The summed E-state index contributed by atoms with van der Waals surface area (Å²) >= 11 is 0. The average Bonchev–Trinajstić information content (AvgIpc) is 2.82. The van der Waals surface area contributed by atoms with E-state index in [2.05, 4.69) is 10.3 Å². The number of amides is 2. The zero-order chi connectivity index (χ0) is 14.7. The van der Waals surface area contributed by atoms with Crippen molar-refractivity contribution in [3.8, 4) is 0 Å². The quantitative estimate of drug-likeness (QED) is 0.906. The standard InChI is InChI=1S/C15H21N3O2/c1-10(2)18-9-12(8-14(18)19)15(20)17-11(3)13-6-4-5-7-16-13/h4-7,10-12H,8-9H2,1-3H3,(H,17,20)/t11-,12-/m0/s1. The van der Waals surface area contributed by atoms with Crippen molar-refractivity contribution in [2.45, 2.75) is 39.3 Å². The number of carbonyl (C=O) groups excluding carboxylic acids is 2.